The Labute approximate surface area is 215 Å². The summed E-state index contributed by atoms with van der Waals surface area (Å²) in [6.07, 6.45) is 7.48. The Kier molecular flexibility index (Phi) is 8.95. The van der Waals surface area contributed by atoms with Gasteiger partial charge in [0.25, 0.3) is 5.91 Å². The molecule has 0 spiro atoms. The van der Waals surface area contributed by atoms with E-state index in [1.807, 2.05) is 19.1 Å². The van der Waals surface area contributed by atoms with Crippen molar-refractivity contribution in [1.82, 2.24) is 15.2 Å². The number of urea groups is 1. The molecule has 4 rings (SSSR count). The van der Waals surface area contributed by atoms with Gasteiger partial charge in [0, 0.05) is 12.1 Å². The third-order valence-corrected chi connectivity index (χ3v) is 7.47. The minimum atomic E-state index is -0.260. The van der Waals surface area contributed by atoms with Crippen LogP contribution >= 0.6 is 22.9 Å². The van der Waals surface area contributed by atoms with Gasteiger partial charge < -0.3 is 15.5 Å². The molecule has 7 nitrogen and oxygen atoms in total. The topological polar surface area (TPSA) is 86.4 Å². The van der Waals surface area contributed by atoms with Gasteiger partial charge in [0.2, 0.25) is 0 Å². The largest absolute Gasteiger partial charge is 0.338 e. The molecule has 1 aliphatic rings. The molecule has 1 saturated heterocycles. The van der Waals surface area contributed by atoms with Gasteiger partial charge in [-0.25, -0.2) is 9.78 Å². The molecule has 0 atom stereocenters. The number of benzene rings is 2. The Morgan fingerprint density at radius 1 is 1.06 bits per heavy atom. The molecule has 9 heteroatoms. The van der Waals surface area contributed by atoms with Crippen LogP contribution in [0.15, 0.2) is 36.4 Å². The fourth-order valence-corrected chi connectivity index (χ4v) is 5.45. The monoisotopic (exact) mass is 513 g/mol. The first-order chi connectivity index (χ1) is 17.0. The van der Waals surface area contributed by atoms with Crippen LogP contribution in [0.3, 0.4) is 0 Å². The van der Waals surface area contributed by atoms with Crippen LogP contribution in [0.2, 0.25) is 5.02 Å². The predicted octanol–water partition coefficient (Wildman–Crippen LogP) is 6.29. The molecule has 0 saturated carbocycles. The number of para-hydroxylation sites is 1. The molecule has 0 radical (unpaired) electrons. The number of rotatable bonds is 7. The minimum absolute atomic E-state index is 0.246. The van der Waals surface area contributed by atoms with E-state index in [4.69, 9.17) is 11.6 Å². The van der Waals surface area contributed by atoms with Gasteiger partial charge >= 0.3 is 6.03 Å². The smallest absolute Gasteiger partial charge is 0.321 e. The van der Waals surface area contributed by atoms with Crippen molar-refractivity contribution < 1.29 is 9.59 Å². The second-order valence-electron chi connectivity index (χ2n) is 8.93. The fourth-order valence-electron chi connectivity index (χ4n) is 4.28. The maximum Gasteiger partial charge on any atom is 0.321 e. The van der Waals surface area contributed by atoms with E-state index >= 15 is 0 Å². The molecule has 3 N–H and O–H groups in total. The first-order valence-corrected chi connectivity index (χ1v) is 13.4. The lowest BCUT2D eigenvalue weighted by atomic mass is 10.1. The van der Waals surface area contributed by atoms with Crippen molar-refractivity contribution in [2.75, 3.05) is 36.8 Å². The third-order valence-electron chi connectivity index (χ3n) is 6.22. The van der Waals surface area contributed by atoms with Gasteiger partial charge in [-0.1, -0.05) is 54.3 Å². The van der Waals surface area contributed by atoms with Gasteiger partial charge in [0.15, 0.2) is 5.13 Å². The summed E-state index contributed by atoms with van der Waals surface area (Å²) in [5.74, 6) is -0.246. The molecule has 186 valence electrons. The van der Waals surface area contributed by atoms with Crippen molar-refractivity contribution in [3.05, 3.63) is 52.5 Å². The van der Waals surface area contributed by atoms with Gasteiger partial charge in [-0.2, -0.15) is 0 Å². The highest BCUT2D eigenvalue weighted by Gasteiger charge is 2.14. The second kappa shape index (κ2) is 12.3. The number of nitrogens with one attached hydrogen (secondary N) is 3. The standard InChI is InChI=1S/C26H32ClN5O2S/c1-18-9-7-10-20(27)23(18)30-24(33)19-11-12-21-22(17-19)35-26(29-21)31-25(34)28-13-8-16-32-14-5-3-2-4-6-15-32/h7,9-12,17H,2-6,8,13-16H2,1H3,(H,30,33)(H2,28,29,31,34). The Balaban J connectivity index is 1.28. The maximum absolute atomic E-state index is 12.8. The molecule has 2 aromatic carbocycles. The first kappa shape index (κ1) is 25.4. The van der Waals surface area contributed by atoms with Gasteiger partial charge in [-0.05, 0) is 75.6 Å². The number of halogens is 1. The highest BCUT2D eigenvalue weighted by atomic mass is 35.5. The average molecular weight is 514 g/mol. The maximum atomic E-state index is 12.8. The van der Waals surface area contributed by atoms with Crippen LogP contribution in [-0.4, -0.2) is 48.0 Å². The Hall–Kier alpha value is -2.68. The van der Waals surface area contributed by atoms with Crippen LogP contribution in [0.5, 0.6) is 0 Å². The predicted molar refractivity (Wildman–Crippen MR) is 145 cm³/mol. The number of aryl methyl sites for hydroxylation is 1. The SMILES string of the molecule is Cc1cccc(Cl)c1NC(=O)c1ccc2nc(NC(=O)NCCCN3CCCCCCC3)sc2c1. The van der Waals surface area contributed by atoms with Crippen molar-refractivity contribution in [3.8, 4) is 0 Å². The number of likely N-dealkylation sites (tertiary alicyclic amines) is 1. The summed E-state index contributed by atoms with van der Waals surface area (Å²) in [4.78, 5) is 32.1. The highest BCUT2D eigenvalue weighted by Crippen LogP contribution is 2.29. The zero-order valence-electron chi connectivity index (χ0n) is 20.0. The Bertz CT molecular complexity index is 1150. The molecular formula is C26H32ClN5O2S. The number of fused-ring (bicyclic) bond motifs is 1. The average Bonchev–Trinajstić information content (AvgIpc) is 3.21. The number of nitrogens with zero attached hydrogens (tertiary/aromatic N) is 2. The zero-order chi connectivity index (χ0) is 24.6. The highest BCUT2D eigenvalue weighted by molar-refractivity contribution is 7.22. The van der Waals surface area contributed by atoms with Crippen LogP contribution in [0, 0.1) is 6.92 Å². The van der Waals surface area contributed by atoms with E-state index in [0.717, 1.165) is 41.8 Å². The molecule has 2 heterocycles. The van der Waals surface area contributed by atoms with E-state index in [2.05, 4.69) is 25.8 Å². The van der Waals surface area contributed by atoms with Crippen LogP contribution in [-0.2, 0) is 0 Å². The van der Waals surface area contributed by atoms with Crippen molar-refractivity contribution in [2.24, 2.45) is 0 Å². The summed E-state index contributed by atoms with van der Waals surface area (Å²) in [7, 11) is 0. The number of thiazole rings is 1. The summed E-state index contributed by atoms with van der Waals surface area (Å²) >= 11 is 7.57. The second-order valence-corrected chi connectivity index (χ2v) is 10.4. The number of anilines is 2. The molecule has 0 bridgehead atoms. The zero-order valence-corrected chi connectivity index (χ0v) is 21.6. The number of hydrogen-bond acceptors (Lipinski definition) is 5. The third kappa shape index (κ3) is 7.16. The van der Waals surface area contributed by atoms with Gasteiger partial charge in [-0.3, -0.25) is 10.1 Å². The van der Waals surface area contributed by atoms with E-state index in [-0.39, 0.29) is 11.9 Å². The normalized spacial score (nSPS) is 14.8. The van der Waals surface area contributed by atoms with Crippen molar-refractivity contribution in [2.45, 2.75) is 45.4 Å². The van der Waals surface area contributed by atoms with E-state index in [0.29, 0.717) is 27.9 Å². The molecule has 1 aliphatic heterocycles. The lowest BCUT2D eigenvalue weighted by Crippen LogP contribution is -2.33. The summed E-state index contributed by atoms with van der Waals surface area (Å²) in [6, 6.07) is 10.5. The van der Waals surface area contributed by atoms with Crippen molar-refractivity contribution >= 4 is 55.9 Å². The van der Waals surface area contributed by atoms with E-state index in [1.165, 1.54) is 43.4 Å². The molecule has 35 heavy (non-hydrogen) atoms. The molecule has 1 aromatic heterocycles. The summed E-state index contributed by atoms with van der Waals surface area (Å²) in [6.45, 7) is 5.86. The summed E-state index contributed by atoms with van der Waals surface area (Å²) < 4.78 is 0.820. The molecule has 3 aromatic rings. The molecule has 1 fully saturated rings. The van der Waals surface area contributed by atoms with Crippen LogP contribution < -0.4 is 16.0 Å². The lowest BCUT2D eigenvalue weighted by molar-refractivity contribution is 0.102. The van der Waals surface area contributed by atoms with Crippen LogP contribution in [0.25, 0.3) is 10.2 Å². The van der Waals surface area contributed by atoms with Crippen LogP contribution in [0.4, 0.5) is 15.6 Å². The van der Waals surface area contributed by atoms with Crippen molar-refractivity contribution in [3.63, 3.8) is 0 Å². The summed E-state index contributed by atoms with van der Waals surface area (Å²) in [5.41, 5.74) is 2.73. The van der Waals surface area contributed by atoms with Crippen molar-refractivity contribution in [1.29, 1.82) is 0 Å². The molecular weight excluding hydrogens is 482 g/mol. The van der Waals surface area contributed by atoms with Gasteiger partial charge in [0.1, 0.15) is 0 Å². The quantitative estimate of drug-likeness (QED) is 0.324. The van der Waals surface area contributed by atoms with Gasteiger partial charge in [-0.15, -0.1) is 0 Å². The lowest BCUT2D eigenvalue weighted by Gasteiger charge is -2.24. The number of hydrogen-bond donors (Lipinski definition) is 3. The summed E-state index contributed by atoms with van der Waals surface area (Å²) in [5, 5.41) is 9.63. The van der Waals surface area contributed by atoms with E-state index < -0.39 is 0 Å². The first-order valence-electron chi connectivity index (χ1n) is 12.2. The number of carbonyl (C=O) groups excluding carboxylic acids is 2. The number of aromatic nitrogens is 1. The fraction of sp³-hybridized carbons (Fsp3) is 0.423. The van der Waals surface area contributed by atoms with E-state index in [1.54, 1.807) is 24.3 Å². The number of amides is 3. The Morgan fingerprint density at radius 2 is 1.83 bits per heavy atom. The molecule has 0 unspecified atom stereocenters. The molecule has 0 aliphatic carbocycles. The molecule has 3 amide bonds. The number of carbonyl (C=O) groups is 2. The van der Waals surface area contributed by atoms with Crippen LogP contribution in [0.1, 0.15) is 54.4 Å². The minimum Gasteiger partial charge on any atom is -0.338 e. The van der Waals surface area contributed by atoms with E-state index in [9.17, 15) is 9.59 Å². The van der Waals surface area contributed by atoms with Gasteiger partial charge in [0.05, 0.1) is 20.9 Å². The Morgan fingerprint density at radius 3 is 2.60 bits per heavy atom.